The minimum Gasteiger partial charge on any atom is -0.497 e. The molecule has 4 saturated heterocycles. The summed E-state index contributed by atoms with van der Waals surface area (Å²) in [5.74, 6) is 1.38. The van der Waals surface area contributed by atoms with Crippen LogP contribution in [0.25, 0.3) is 0 Å². The maximum Gasteiger partial charge on any atom is 0.325 e. The monoisotopic (exact) mass is 468 g/mol. The van der Waals surface area contributed by atoms with Crippen molar-refractivity contribution in [2.75, 3.05) is 26.7 Å². The maximum atomic E-state index is 13.0. The zero-order chi connectivity index (χ0) is 23.8. The first-order valence-electron chi connectivity index (χ1n) is 12.2. The average Bonchev–Trinajstić information content (AvgIpc) is 3.11. The number of nitrogens with zero attached hydrogens (tertiary/aromatic N) is 3. The summed E-state index contributed by atoms with van der Waals surface area (Å²) >= 11 is 0. The third-order valence-corrected chi connectivity index (χ3v) is 7.79. The van der Waals surface area contributed by atoms with E-state index in [0.717, 1.165) is 31.4 Å². The molecule has 5 amide bonds. The molecule has 0 aliphatic carbocycles. The molecule has 0 saturated carbocycles. The van der Waals surface area contributed by atoms with E-state index in [4.69, 9.17) is 4.74 Å². The number of piperidine rings is 3. The van der Waals surface area contributed by atoms with Crippen LogP contribution in [0.5, 0.6) is 5.75 Å². The van der Waals surface area contributed by atoms with Gasteiger partial charge in [-0.05, 0) is 55.2 Å². The Morgan fingerprint density at radius 2 is 1.91 bits per heavy atom. The number of urea groups is 1. The largest absolute Gasteiger partial charge is 0.497 e. The van der Waals surface area contributed by atoms with Crippen LogP contribution >= 0.6 is 0 Å². The Balaban J connectivity index is 1.14. The van der Waals surface area contributed by atoms with Gasteiger partial charge in [-0.2, -0.15) is 0 Å². The molecule has 182 valence electrons. The van der Waals surface area contributed by atoms with Gasteiger partial charge in [-0.15, -0.1) is 0 Å². The van der Waals surface area contributed by atoms with Crippen molar-refractivity contribution in [2.24, 2.45) is 11.8 Å². The number of hydrogen-bond acceptors (Lipinski definition) is 5. The fourth-order valence-electron chi connectivity index (χ4n) is 6.08. The van der Waals surface area contributed by atoms with Crippen LogP contribution in [-0.4, -0.2) is 77.3 Å². The van der Waals surface area contributed by atoms with Crippen molar-refractivity contribution in [1.29, 1.82) is 0 Å². The molecule has 0 radical (unpaired) electrons. The standard InChI is InChI=1S/C25H32N4O5/c1-34-19-7-5-16(6-8-19)13-29-24(32)20(26-25(29)33)9-10-22(30)27-12-17-11-18(15-27)21-3-2-4-23(31)28(21)14-17/h5-8,17-18,20-21H,2-4,9-15H2,1H3,(H,26,33). The number of benzene rings is 1. The summed E-state index contributed by atoms with van der Waals surface area (Å²) in [4.78, 5) is 55.8. The van der Waals surface area contributed by atoms with Crippen LogP contribution < -0.4 is 10.1 Å². The molecule has 1 N–H and O–H groups in total. The third-order valence-electron chi connectivity index (χ3n) is 7.79. The Labute approximate surface area is 199 Å². The predicted molar refractivity (Wildman–Crippen MR) is 123 cm³/mol. The van der Waals surface area contributed by atoms with E-state index in [-0.39, 0.29) is 36.7 Å². The molecule has 4 atom stereocenters. The number of nitrogens with one attached hydrogen (secondary N) is 1. The Hall–Kier alpha value is -3.10. The number of ether oxygens (including phenoxy) is 1. The minimum atomic E-state index is -0.676. The molecule has 2 bridgehead atoms. The van der Waals surface area contributed by atoms with Gasteiger partial charge in [-0.25, -0.2) is 4.79 Å². The molecule has 0 aromatic heterocycles. The molecule has 4 heterocycles. The highest BCUT2D eigenvalue weighted by molar-refractivity contribution is 6.04. The Morgan fingerprint density at radius 1 is 1.12 bits per heavy atom. The first-order chi connectivity index (χ1) is 16.4. The molecule has 9 heteroatoms. The van der Waals surface area contributed by atoms with Crippen molar-refractivity contribution >= 4 is 23.8 Å². The normalized spacial score (nSPS) is 28.6. The topological polar surface area (TPSA) is 99.3 Å². The van der Waals surface area contributed by atoms with Crippen LogP contribution in [0.1, 0.15) is 44.1 Å². The molecule has 4 aliphatic heterocycles. The van der Waals surface area contributed by atoms with Gasteiger partial charge in [0.25, 0.3) is 5.91 Å². The summed E-state index contributed by atoms with van der Waals surface area (Å²) in [6.07, 6.45) is 4.20. The molecule has 4 unspecified atom stereocenters. The fraction of sp³-hybridized carbons (Fsp3) is 0.600. The summed E-state index contributed by atoms with van der Waals surface area (Å²) in [6.45, 7) is 2.28. The molecule has 4 aliphatic rings. The summed E-state index contributed by atoms with van der Waals surface area (Å²) in [5.41, 5.74) is 0.830. The molecule has 4 fully saturated rings. The minimum absolute atomic E-state index is 0.0286. The van der Waals surface area contributed by atoms with Crippen LogP contribution in [0.15, 0.2) is 24.3 Å². The highest BCUT2D eigenvalue weighted by atomic mass is 16.5. The van der Waals surface area contributed by atoms with Gasteiger partial charge < -0.3 is 19.9 Å². The molecule has 1 aromatic rings. The van der Waals surface area contributed by atoms with Gasteiger partial charge in [0.05, 0.1) is 13.7 Å². The smallest absolute Gasteiger partial charge is 0.325 e. The lowest BCUT2D eigenvalue weighted by molar-refractivity contribution is -0.148. The van der Waals surface area contributed by atoms with Gasteiger partial charge >= 0.3 is 6.03 Å². The second-order valence-electron chi connectivity index (χ2n) is 9.98. The van der Waals surface area contributed by atoms with E-state index in [2.05, 4.69) is 10.2 Å². The summed E-state index contributed by atoms with van der Waals surface area (Å²) < 4.78 is 5.14. The Bertz CT molecular complexity index is 980. The summed E-state index contributed by atoms with van der Waals surface area (Å²) in [7, 11) is 1.58. The SMILES string of the molecule is COc1ccc(CN2C(=O)NC(CCC(=O)N3CC4CC(C3)C3CCCC(=O)N3C4)C2=O)cc1. The number of methoxy groups -OCH3 is 1. The van der Waals surface area contributed by atoms with E-state index < -0.39 is 12.1 Å². The van der Waals surface area contributed by atoms with E-state index in [1.165, 1.54) is 4.90 Å². The van der Waals surface area contributed by atoms with E-state index >= 15 is 0 Å². The number of amides is 5. The number of rotatable bonds is 6. The van der Waals surface area contributed by atoms with Gasteiger partial charge in [-0.1, -0.05) is 12.1 Å². The molecule has 0 spiro atoms. The predicted octanol–water partition coefficient (Wildman–Crippen LogP) is 1.76. The van der Waals surface area contributed by atoms with E-state index in [1.54, 1.807) is 19.2 Å². The Kier molecular flexibility index (Phi) is 6.18. The Morgan fingerprint density at radius 3 is 2.68 bits per heavy atom. The number of fused-ring (bicyclic) bond motifs is 4. The average molecular weight is 469 g/mol. The maximum absolute atomic E-state index is 13.0. The van der Waals surface area contributed by atoms with Crippen molar-refractivity contribution in [3.8, 4) is 5.75 Å². The van der Waals surface area contributed by atoms with Crippen LogP contribution in [-0.2, 0) is 20.9 Å². The number of carbonyl (C=O) groups excluding carboxylic acids is 4. The lowest BCUT2D eigenvalue weighted by atomic mass is 9.76. The zero-order valence-corrected chi connectivity index (χ0v) is 19.6. The molecular formula is C25H32N4O5. The van der Waals surface area contributed by atoms with Crippen molar-refractivity contribution in [3.63, 3.8) is 0 Å². The van der Waals surface area contributed by atoms with Gasteiger partial charge in [0.2, 0.25) is 11.8 Å². The molecule has 9 nitrogen and oxygen atoms in total. The van der Waals surface area contributed by atoms with E-state index in [9.17, 15) is 19.2 Å². The molecule has 5 rings (SSSR count). The van der Waals surface area contributed by atoms with Crippen molar-refractivity contribution in [2.45, 2.75) is 57.2 Å². The molecule has 1 aromatic carbocycles. The third kappa shape index (κ3) is 4.35. The lowest BCUT2D eigenvalue weighted by Gasteiger charge is -2.52. The van der Waals surface area contributed by atoms with Crippen LogP contribution in [0.2, 0.25) is 0 Å². The molecular weight excluding hydrogens is 436 g/mol. The fourth-order valence-corrected chi connectivity index (χ4v) is 6.08. The van der Waals surface area contributed by atoms with Crippen LogP contribution in [0, 0.1) is 11.8 Å². The van der Waals surface area contributed by atoms with Gasteiger partial charge in [0.15, 0.2) is 0 Å². The quantitative estimate of drug-likeness (QED) is 0.642. The van der Waals surface area contributed by atoms with Crippen molar-refractivity contribution < 1.29 is 23.9 Å². The second kappa shape index (κ2) is 9.27. The van der Waals surface area contributed by atoms with Gasteiger partial charge in [0.1, 0.15) is 11.8 Å². The van der Waals surface area contributed by atoms with Gasteiger partial charge in [0, 0.05) is 38.5 Å². The first-order valence-corrected chi connectivity index (χ1v) is 12.2. The zero-order valence-electron chi connectivity index (χ0n) is 19.6. The lowest BCUT2D eigenvalue weighted by Crippen LogP contribution is -2.61. The van der Waals surface area contributed by atoms with Crippen LogP contribution in [0.4, 0.5) is 4.79 Å². The highest BCUT2D eigenvalue weighted by Gasteiger charge is 2.45. The van der Waals surface area contributed by atoms with Crippen LogP contribution in [0.3, 0.4) is 0 Å². The highest BCUT2D eigenvalue weighted by Crippen LogP contribution is 2.38. The van der Waals surface area contributed by atoms with Gasteiger partial charge in [-0.3, -0.25) is 19.3 Å². The number of carbonyl (C=O) groups is 4. The number of hydrogen-bond donors (Lipinski definition) is 1. The second-order valence-corrected chi connectivity index (χ2v) is 9.98. The van der Waals surface area contributed by atoms with E-state index in [0.29, 0.717) is 43.5 Å². The number of likely N-dealkylation sites (tertiary alicyclic amines) is 1. The summed E-state index contributed by atoms with van der Waals surface area (Å²) in [6, 6.07) is 6.39. The first kappa shape index (κ1) is 22.7. The number of imide groups is 1. The molecule has 34 heavy (non-hydrogen) atoms. The van der Waals surface area contributed by atoms with E-state index in [1.807, 2.05) is 17.0 Å². The summed E-state index contributed by atoms with van der Waals surface area (Å²) in [5, 5.41) is 2.73. The van der Waals surface area contributed by atoms with Crippen molar-refractivity contribution in [1.82, 2.24) is 20.0 Å². The van der Waals surface area contributed by atoms with Crippen molar-refractivity contribution in [3.05, 3.63) is 29.8 Å².